The molecule has 1 aromatic heterocycles. The van der Waals surface area contributed by atoms with Crippen LogP contribution in [0.4, 0.5) is 18.0 Å². The lowest BCUT2D eigenvalue weighted by atomic mass is 9.98. The number of carbonyl (C=O) groups excluding carboxylic acids is 2. The molecular formula is C25H20ClF3N2O4. The molecule has 1 unspecified atom stereocenters. The number of hydrogen-bond acceptors (Lipinski definition) is 5. The number of halogens is 4. The number of alkyl halides is 3. The molecule has 3 aromatic rings. The summed E-state index contributed by atoms with van der Waals surface area (Å²) >= 11 is 5.99. The highest BCUT2D eigenvalue weighted by Gasteiger charge is 2.35. The first-order valence-electron chi connectivity index (χ1n) is 10.7. The maximum atomic E-state index is 13.0. The summed E-state index contributed by atoms with van der Waals surface area (Å²) < 4.78 is 49.3. The smallest absolute Gasteiger partial charge is 0.417 e. The Morgan fingerprint density at radius 2 is 1.66 bits per heavy atom. The normalized spacial score (nSPS) is 13.5. The third kappa shape index (κ3) is 5.09. The van der Waals surface area contributed by atoms with E-state index in [1.807, 2.05) is 48.5 Å². The summed E-state index contributed by atoms with van der Waals surface area (Å²) in [5.41, 5.74) is 2.71. The van der Waals surface area contributed by atoms with Gasteiger partial charge in [0.05, 0.1) is 22.9 Å². The predicted octanol–water partition coefficient (Wildman–Crippen LogP) is 5.90. The second-order valence-corrected chi connectivity index (χ2v) is 8.15. The Morgan fingerprint density at radius 1 is 1.06 bits per heavy atom. The minimum Gasteiger partial charge on any atom is -0.464 e. The van der Waals surface area contributed by atoms with Crippen molar-refractivity contribution in [2.75, 3.05) is 13.2 Å². The van der Waals surface area contributed by atoms with Gasteiger partial charge in [-0.05, 0) is 35.2 Å². The number of aromatic nitrogens is 1. The third-order valence-corrected chi connectivity index (χ3v) is 5.90. The minimum atomic E-state index is -4.67. The number of rotatable bonds is 6. The molecule has 0 spiro atoms. The summed E-state index contributed by atoms with van der Waals surface area (Å²) in [4.78, 5) is 28.8. The fourth-order valence-corrected chi connectivity index (χ4v) is 4.31. The number of ether oxygens (including phenoxy) is 2. The van der Waals surface area contributed by atoms with Crippen LogP contribution < -0.4 is 5.32 Å². The van der Waals surface area contributed by atoms with Gasteiger partial charge in [0, 0.05) is 12.1 Å². The molecule has 0 radical (unpaired) electrons. The number of carbonyl (C=O) groups is 2. The molecule has 0 fully saturated rings. The van der Waals surface area contributed by atoms with Gasteiger partial charge >= 0.3 is 18.2 Å². The fourth-order valence-electron chi connectivity index (χ4n) is 4.04. The first kappa shape index (κ1) is 24.5. The van der Waals surface area contributed by atoms with E-state index in [1.54, 1.807) is 6.92 Å². The molecule has 1 N–H and O–H groups in total. The first-order chi connectivity index (χ1) is 16.7. The molecule has 35 heavy (non-hydrogen) atoms. The van der Waals surface area contributed by atoms with Gasteiger partial charge in [0.1, 0.15) is 6.61 Å². The molecule has 182 valence electrons. The van der Waals surface area contributed by atoms with E-state index in [2.05, 4.69) is 10.3 Å². The van der Waals surface area contributed by atoms with E-state index in [9.17, 15) is 22.8 Å². The Bertz CT molecular complexity index is 1220. The van der Waals surface area contributed by atoms with Gasteiger partial charge in [0.25, 0.3) is 0 Å². The Kier molecular flexibility index (Phi) is 6.98. The van der Waals surface area contributed by atoms with Crippen LogP contribution in [-0.2, 0) is 20.4 Å². The maximum absolute atomic E-state index is 13.0. The molecule has 1 aliphatic rings. The van der Waals surface area contributed by atoms with Gasteiger partial charge in [0.2, 0.25) is 0 Å². The third-order valence-electron chi connectivity index (χ3n) is 5.60. The van der Waals surface area contributed by atoms with Crippen LogP contribution in [0.5, 0.6) is 0 Å². The lowest BCUT2D eigenvalue weighted by Crippen LogP contribution is -2.36. The van der Waals surface area contributed by atoms with Crippen LogP contribution in [0.25, 0.3) is 11.1 Å². The zero-order chi connectivity index (χ0) is 25.2. The summed E-state index contributed by atoms with van der Waals surface area (Å²) in [5.74, 6) is -1.16. The van der Waals surface area contributed by atoms with Gasteiger partial charge < -0.3 is 14.8 Å². The van der Waals surface area contributed by atoms with Gasteiger partial charge in [-0.1, -0.05) is 60.1 Å². The lowest BCUT2D eigenvalue weighted by molar-refractivity contribution is -0.145. The van der Waals surface area contributed by atoms with Crippen molar-refractivity contribution in [3.63, 3.8) is 0 Å². The number of amides is 1. The number of esters is 1. The highest BCUT2D eigenvalue weighted by atomic mass is 35.5. The molecule has 10 heteroatoms. The van der Waals surface area contributed by atoms with Crippen molar-refractivity contribution >= 4 is 23.7 Å². The molecule has 1 amide bonds. The van der Waals surface area contributed by atoms with E-state index < -0.39 is 34.9 Å². The number of hydrogen-bond donors (Lipinski definition) is 1. The van der Waals surface area contributed by atoms with E-state index in [1.165, 1.54) is 0 Å². The van der Waals surface area contributed by atoms with Crippen molar-refractivity contribution < 1.29 is 32.2 Å². The number of nitrogens with one attached hydrogen (secondary N) is 1. The highest BCUT2D eigenvalue weighted by Crippen LogP contribution is 2.44. The number of alkyl carbamates (subject to hydrolysis) is 1. The summed E-state index contributed by atoms with van der Waals surface area (Å²) in [6, 6.07) is 14.6. The number of nitrogens with zero attached hydrogens (tertiary/aromatic N) is 1. The summed E-state index contributed by atoms with van der Waals surface area (Å²) in [7, 11) is 0. The standard InChI is InChI=1S/C25H20ClF3N2O4/c1-2-34-23(32)22(21-20(26)11-14(12-30-21)25(27,28)29)31-24(33)35-13-19-17-9-5-3-7-15(17)16-8-4-6-10-18(16)19/h3-12,19,22H,2,13H2,1H3,(H,31,33). The van der Waals surface area contributed by atoms with Crippen molar-refractivity contribution in [3.8, 4) is 11.1 Å². The minimum absolute atomic E-state index is 0.0242. The Balaban J connectivity index is 1.52. The summed E-state index contributed by atoms with van der Waals surface area (Å²) in [5, 5.41) is 1.88. The zero-order valence-corrected chi connectivity index (χ0v) is 19.2. The second-order valence-electron chi connectivity index (χ2n) is 7.74. The van der Waals surface area contributed by atoms with Crippen molar-refractivity contribution in [2.24, 2.45) is 0 Å². The van der Waals surface area contributed by atoms with Gasteiger partial charge in [-0.3, -0.25) is 4.98 Å². The maximum Gasteiger partial charge on any atom is 0.417 e. The lowest BCUT2D eigenvalue weighted by Gasteiger charge is -2.20. The van der Waals surface area contributed by atoms with Crippen LogP contribution in [0.2, 0.25) is 5.02 Å². The summed E-state index contributed by atoms with van der Waals surface area (Å²) in [6.07, 6.45) is -5.11. The second kappa shape index (κ2) is 9.95. The van der Waals surface area contributed by atoms with Gasteiger partial charge in [-0.2, -0.15) is 13.2 Å². The molecule has 1 atom stereocenters. The highest BCUT2D eigenvalue weighted by molar-refractivity contribution is 6.31. The molecule has 0 saturated heterocycles. The Hall–Kier alpha value is -3.59. The van der Waals surface area contributed by atoms with E-state index in [4.69, 9.17) is 21.1 Å². The van der Waals surface area contributed by atoms with Gasteiger partial charge in [0.15, 0.2) is 6.04 Å². The van der Waals surface area contributed by atoms with E-state index in [0.29, 0.717) is 12.3 Å². The number of fused-ring (bicyclic) bond motifs is 3. The molecule has 6 nitrogen and oxygen atoms in total. The number of benzene rings is 2. The van der Waals surface area contributed by atoms with Crippen molar-refractivity contribution in [3.05, 3.63) is 88.2 Å². The quantitative estimate of drug-likeness (QED) is 0.423. The van der Waals surface area contributed by atoms with Crippen molar-refractivity contribution in [1.82, 2.24) is 10.3 Å². The zero-order valence-electron chi connectivity index (χ0n) is 18.4. The molecule has 4 rings (SSSR count). The van der Waals surface area contributed by atoms with Crippen LogP contribution >= 0.6 is 11.6 Å². The van der Waals surface area contributed by atoms with Gasteiger partial charge in [-0.15, -0.1) is 0 Å². The molecule has 2 aromatic carbocycles. The monoisotopic (exact) mass is 504 g/mol. The molecule has 0 bridgehead atoms. The van der Waals surface area contributed by atoms with Crippen LogP contribution in [0, 0.1) is 0 Å². The van der Waals surface area contributed by atoms with Crippen LogP contribution in [0.15, 0.2) is 60.8 Å². The van der Waals surface area contributed by atoms with E-state index in [0.717, 1.165) is 22.3 Å². The molecule has 1 heterocycles. The van der Waals surface area contributed by atoms with E-state index in [-0.39, 0.29) is 24.8 Å². The van der Waals surface area contributed by atoms with Gasteiger partial charge in [-0.25, -0.2) is 9.59 Å². The van der Waals surface area contributed by atoms with Crippen molar-refractivity contribution in [1.29, 1.82) is 0 Å². The number of pyridine rings is 1. The molecule has 0 saturated carbocycles. The average molecular weight is 505 g/mol. The predicted molar refractivity (Wildman–Crippen MR) is 122 cm³/mol. The Labute approximate surface area is 204 Å². The van der Waals surface area contributed by atoms with Crippen LogP contribution in [0.3, 0.4) is 0 Å². The Morgan fingerprint density at radius 3 is 2.20 bits per heavy atom. The summed E-state index contributed by atoms with van der Waals surface area (Å²) in [6.45, 7) is 1.49. The SMILES string of the molecule is CCOC(=O)C(NC(=O)OCC1c2ccccc2-c2ccccc21)c1ncc(C(F)(F)F)cc1Cl. The largest absolute Gasteiger partial charge is 0.464 e. The van der Waals surface area contributed by atoms with Crippen LogP contribution in [0.1, 0.15) is 41.3 Å². The topological polar surface area (TPSA) is 77.5 Å². The van der Waals surface area contributed by atoms with Crippen LogP contribution in [-0.4, -0.2) is 30.3 Å². The fraction of sp³-hybridized carbons (Fsp3) is 0.240. The molecule has 1 aliphatic carbocycles. The first-order valence-corrected chi connectivity index (χ1v) is 11.1. The molecular weight excluding hydrogens is 485 g/mol. The molecule has 0 aliphatic heterocycles. The average Bonchev–Trinajstić information content (AvgIpc) is 3.15. The van der Waals surface area contributed by atoms with Crippen molar-refractivity contribution in [2.45, 2.75) is 25.1 Å². The van der Waals surface area contributed by atoms with E-state index >= 15 is 0 Å².